The fourth-order valence-corrected chi connectivity index (χ4v) is 1.73. The van der Waals surface area contributed by atoms with Gasteiger partial charge in [0.1, 0.15) is 0 Å². The molecule has 0 bridgehead atoms. The van der Waals surface area contributed by atoms with Gasteiger partial charge in [0, 0.05) is 17.5 Å². The van der Waals surface area contributed by atoms with Crippen molar-refractivity contribution in [2.24, 2.45) is 0 Å². The van der Waals surface area contributed by atoms with Gasteiger partial charge in [0.25, 0.3) is 5.56 Å². The van der Waals surface area contributed by atoms with Crippen molar-refractivity contribution in [2.75, 3.05) is 5.75 Å². The number of aromatic nitrogens is 2. The van der Waals surface area contributed by atoms with E-state index in [4.69, 9.17) is 4.74 Å². The molecule has 1 N–H and O–H groups in total. The third kappa shape index (κ3) is 1.98. The maximum absolute atomic E-state index is 11.5. The lowest BCUT2D eigenvalue weighted by Crippen LogP contribution is -2.33. The van der Waals surface area contributed by atoms with Crippen molar-refractivity contribution in [1.82, 2.24) is 9.55 Å². The number of ether oxygens (including phenoxy) is 1. The summed E-state index contributed by atoms with van der Waals surface area (Å²) >= 11 is 4.11. The maximum atomic E-state index is 11.5. The largest absolute Gasteiger partial charge is 0.346 e. The summed E-state index contributed by atoms with van der Waals surface area (Å²) in [6, 6.07) is 0. The highest BCUT2D eigenvalue weighted by molar-refractivity contribution is 7.80. The molecule has 0 fully saturated rings. The van der Waals surface area contributed by atoms with Crippen LogP contribution in [0.5, 0.6) is 0 Å². The van der Waals surface area contributed by atoms with Crippen molar-refractivity contribution in [1.29, 1.82) is 0 Å². The predicted octanol–water partition coefficient (Wildman–Crippen LogP) is 0.228. The van der Waals surface area contributed by atoms with Gasteiger partial charge < -0.3 is 4.74 Å². The van der Waals surface area contributed by atoms with E-state index in [1.807, 2.05) is 6.08 Å². The molecule has 1 aromatic heterocycles. The van der Waals surface area contributed by atoms with E-state index in [0.717, 1.165) is 0 Å². The van der Waals surface area contributed by atoms with Gasteiger partial charge in [-0.25, -0.2) is 4.79 Å². The van der Waals surface area contributed by atoms with E-state index in [0.29, 0.717) is 11.3 Å². The molecule has 2 unspecified atom stereocenters. The highest BCUT2D eigenvalue weighted by atomic mass is 32.1. The first-order valence-corrected chi connectivity index (χ1v) is 5.52. The van der Waals surface area contributed by atoms with Crippen LogP contribution in [0.25, 0.3) is 0 Å². The van der Waals surface area contributed by atoms with E-state index in [-0.39, 0.29) is 11.7 Å². The number of aromatic amines is 1. The Balaban J connectivity index is 2.36. The number of nitrogens with one attached hydrogen (secondary N) is 1. The summed E-state index contributed by atoms with van der Waals surface area (Å²) in [5.74, 6) is 0.560. The smallest absolute Gasteiger partial charge is 0.330 e. The van der Waals surface area contributed by atoms with Gasteiger partial charge in [-0.15, -0.1) is 0 Å². The van der Waals surface area contributed by atoms with E-state index >= 15 is 0 Å². The van der Waals surface area contributed by atoms with Crippen LogP contribution < -0.4 is 11.2 Å². The first-order chi connectivity index (χ1) is 7.61. The number of aryl methyl sites for hydroxylation is 1. The molecule has 6 heteroatoms. The summed E-state index contributed by atoms with van der Waals surface area (Å²) in [6.45, 7) is 1.64. The van der Waals surface area contributed by atoms with Crippen LogP contribution in [0.4, 0.5) is 0 Å². The maximum Gasteiger partial charge on any atom is 0.330 e. The fraction of sp³-hybridized carbons (Fsp3) is 0.400. The number of thiol groups is 1. The second-order valence-corrected chi connectivity index (χ2v) is 3.98. The minimum absolute atomic E-state index is 0.0903. The molecule has 0 saturated carbocycles. The lowest BCUT2D eigenvalue weighted by atomic mass is 10.3. The number of rotatable bonds is 2. The first-order valence-electron chi connectivity index (χ1n) is 4.88. The molecule has 1 aromatic rings. The van der Waals surface area contributed by atoms with Crippen LogP contribution in [-0.4, -0.2) is 21.4 Å². The van der Waals surface area contributed by atoms with Crippen LogP contribution in [-0.2, 0) is 4.74 Å². The monoisotopic (exact) mass is 240 g/mol. The molecule has 2 atom stereocenters. The first kappa shape index (κ1) is 11.2. The van der Waals surface area contributed by atoms with Crippen molar-refractivity contribution in [3.05, 3.63) is 44.8 Å². The zero-order chi connectivity index (χ0) is 11.7. The second kappa shape index (κ2) is 4.31. The number of nitrogens with zero attached hydrogens (tertiary/aromatic N) is 1. The fourth-order valence-electron chi connectivity index (χ4n) is 1.53. The van der Waals surface area contributed by atoms with E-state index < -0.39 is 11.9 Å². The third-order valence-electron chi connectivity index (χ3n) is 2.40. The van der Waals surface area contributed by atoms with Crippen LogP contribution in [0, 0.1) is 6.92 Å². The van der Waals surface area contributed by atoms with E-state index in [2.05, 4.69) is 17.6 Å². The number of H-pyrrole nitrogens is 1. The minimum atomic E-state index is -0.468. The number of hydrogen-bond donors (Lipinski definition) is 2. The van der Waals surface area contributed by atoms with E-state index in [1.54, 1.807) is 13.0 Å². The normalized spacial score (nSPS) is 23.9. The highest BCUT2D eigenvalue weighted by Gasteiger charge is 2.20. The van der Waals surface area contributed by atoms with Crippen LogP contribution in [0.2, 0.25) is 0 Å². The lowest BCUT2D eigenvalue weighted by molar-refractivity contribution is 0.0267. The summed E-state index contributed by atoms with van der Waals surface area (Å²) in [5, 5.41) is 0. The molecular weight excluding hydrogens is 228 g/mol. The molecule has 0 saturated heterocycles. The van der Waals surface area contributed by atoms with Crippen LogP contribution in [0.3, 0.4) is 0 Å². The molecule has 0 amide bonds. The molecule has 2 rings (SSSR count). The molecular formula is C10H12N2O3S. The Labute approximate surface area is 97.2 Å². The molecule has 2 heterocycles. The Kier molecular flexibility index (Phi) is 3.02. The molecule has 86 valence electrons. The quantitative estimate of drug-likeness (QED) is 0.574. The Morgan fingerprint density at radius 2 is 2.25 bits per heavy atom. The highest BCUT2D eigenvalue weighted by Crippen LogP contribution is 2.19. The van der Waals surface area contributed by atoms with Crippen LogP contribution in [0.15, 0.2) is 27.9 Å². The summed E-state index contributed by atoms with van der Waals surface area (Å²) < 4.78 is 6.88. The zero-order valence-corrected chi connectivity index (χ0v) is 9.61. The van der Waals surface area contributed by atoms with Gasteiger partial charge in [0.15, 0.2) is 6.23 Å². The zero-order valence-electron chi connectivity index (χ0n) is 8.71. The Morgan fingerprint density at radius 1 is 1.50 bits per heavy atom. The molecule has 0 aliphatic carbocycles. The average Bonchev–Trinajstić information content (AvgIpc) is 2.71. The standard InChI is InChI=1S/C10H12N2O3S/c1-6-4-12(10(14)11-9(6)13)8-3-2-7(5-16)15-8/h2-4,7-8,16H,5H2,1H3,(H,11,13,14). The van der Waals surface area contributed by atoms with Crippen LogP contribution in [0.1, 0.15) is 11.8 Å². The summed E-state index contributed by atoms with van der Waals surface area (Å²) in [4.78, 5) is 25.0. The van der Waals surface area contributed by atoms with Gasteiger partial charge >= 0.3 is 5.69 Å². The molecule has 1 aliphatic rings. The number of hydrogen-bond acceptors (Lipinski definition) is 4. The molecule has 0 spiro atoms. The van der Waals surface area contributed by atoms with Crippen molar-refractivity contribution >= 4 is 12.6 Å². The van der Waals surface area contributed by atoms with E-state index in [9.17, 15) is 9.59 Å². The molecule has 5 nitrogen and oxygen atoms in total. The molecule has 0 aromatic carbocycles. The molecule has 0 radical (unpaired) electrons. The second-order valence-electron chi connectivity index (χ2n) is 3.61. The predicted molar refractivity (Wildman–Crippen MR) is 63.0 cm³/mol. The third-order valence-corrected chi connectivity index (χ3v) is 2.76. The SMILES string of the molecule is Cc1cn(C2C=CC(CS)O2)c(=O)[nH]c1=O. The Bertz CT molecular complexity index is 532. The lowest BCUT2D eigenvalue weighted by Gasteiger charge is -2.15. The van der Waals surface area contributed by atoms with E-state index in [1.165, 1.54) is 10.8 Å². The van der Waals surface area contributed by atoms with Gasteiger partial charge in [-0.05, 0) is 13.0 Å². The van der Waals surface area contributed by atoms with Crippen molar-refractivity contribution in [3.63, 3.8) is 0 Å². The van der Waals surface area contributed by atoms with Crippen LogP contribution >= 0.6 is 12.6 Å². The van der Waals surface area contributed by atoms with Gasteiger partial charge in [0.2, 0.25) is 0 Å². The Hall–Kier alpha value is -1.27. The van der Waals surface area contributed by atoms with Gasteiger partial charge in [-0.3, -0.25) is 14.3 Å². The summed E-state index contributed by atoms with van der Waals surface area (Å²) in [7, 11) is 0. The molecule has 16 heavy (non-hydrogen) atoms. The minimum Gasteiger partial charge on any atom is -0.346 e. The van der Waals surface area contributed by atoms with Crippen molar-refractivity contribution in [3.8, 4) is 0 Å². The van der Waals surface area contributed by atoms with Crippen molar-refractivity contribution < 1.29 is 4.74 Å². The average molecular weight is 240 g/mol. The van der Waals surface area contributed by atoms with Gasteiger partial charge in [0.05, 0.1) is 6.10 Å². The Morgan fingerprint density at radius 3 is 2.88 bits per heavy atom. The topological polar surface area (TPSA) is 64.1 Å². The summed E-state index contributed by atoms with van der Waals surface area (Å²) in [6.07, 6.45) is 4.58. The van der Waals surface area contributed by atoms with Crippen molar-refractivity contribution in [2.45, 2.75) is 19.3 Å². The van der Waals surface area contributed by atoms with Gasteiger partial charge in [-0.1, -0.05) is 6.08 Å². The molecule has 1 aliphatic heterocycles. The summed E-state index contributed by atoms with van der Waals surface area (Å²) in [5.41, 5.74) is -0.357. The van der Waals surface area contributed by atoms with Gasteiger partial charge in [-0.2, -0.15) is 12.6 Å².